The SMILES string of the molecule is Bc1c(B)c(B)c(-c2c3ccccc3c(-c3ccc(-c4ccc5oc(-c6ccccc6)cc5c4)c4oc5ccccc5c34)c3ccccc23)c(B)c1B. The van der Waals surface area contributed by atoms with E-state index in [2.05, 4.69) is 161 Å². The Bertz CT molecular complexity index is 3040. The van der Waals surface area contributed by atoms with Crippen molar-refractivity contribution in [3.63, 3.8) is 0 Å². The number of hydrogen-bond acceptors (Lipinski definition) is 2. The van der Waals surface area contributed by atoms with E-state index < -0.39 is 0 Å². The Hall–Kier alpha value is -6.06. The molecule has 0 bridgehead atoms. The standard InChI is InChI=1S/C46H33B5O2/c47-41-40(42(48)44(50)45(51)43(41)49)38-30-14-6-4-12-28(30)37(29-13-5-7-15-31(29)38)33-20-19-27(46-39(33)32-16-8-9-17-35(32)53-46)25-18-21-34-26(22-25)23-36(52-34)24-10-2-1-3-11-24/h1-23H,47-51H2. The predicted molar refractivity (Wildman–Crippen MR) is 241 cm³/mol. The maximum atomic E-state index is 6.85. The van der Waals surface area contributed by atoms with Crippen LogP contribution in [0.25, 0.3) is 99.2 Å². The van der Waals surface area contributed by atoms with Crippen LogP contribution in [0, 0.1) is 0 Å². The molecular formula is C46H33B5O2. The van der Waals surface area contributed by atoms with Crippen molar-refractivity contribution in [3.8, 4) is 44.7 Å². The van der Waals surface area contributed by atoms with Crippen molar-refractivity contribution in [2.24, 2.45) is 0 Å². The summed E-state index contributed by atoms with van der Waals surface area (Å²) in [7, 11) is 11.4. The van der Waals surface area contributed by atoms with Crippen LogP contribution in [-0.4, -0.2) is 39.2 Å². The minimum absolute atomic E-state index is 0.866. The molecule has 0 amide bonds. The summed E-state index contributed by atoms with van der Waals surface area (Å²) < 4.78 is 13.1. The molecule has 53 heavy (non-hydrogen) atoms. The first kappa shape index (κ1) is 31.7. The maximum Gasteiger partial charge on any atom is 0.143 e. The summed E-state index contributed by atoms with van der Waals surface area (Å²) in [5.41, 5.74) is 17.8. The molecule has 0 unspecified atom stereocenters. The zero-order chi connectivity index (χ0) is 36.0. The second-order valence-electron chi connectivity index (χ2n) is 14.5. The molecule has 0 fully saturated rings. The van der Waals surface area contributed by atoms with Gasteiger partial charge >= 0.3 is 0 Å². The molecule has 0 atom stereocenters. The number of hydrogen-bond donors (Lipinski definition) is 0. The number of furan rings is 2. The van der Waals surface area contributed by atoms with Gasteiger partial charge in [0.15, 0.2) is 0 Å². The van der Waals surface area contributed by atoms with Gasteiger partial charge in [0.05, 0.1) is 0 Å². The summed E-state index contributed by atoms with van der Waals surface area (Å²) in [6.07, 6.45) is 0. The number of rotatable bonds is 4. The first-order chi connectivity index (χ1) is 25.9. The van der Waals surface area contributed by atoms with E-state index in [9.17, 15) is 0 Å². The zero-order valence-electron chi connectivity index (χ0n) is 30.6. The van der Waals surface area contributed by atoms with Crippen molar-refractivity contribution in [2.75, 3.05) is 0 Å². The lowest BCUT2D eigenvalue weighted by Crippen LogP contribution is -2.55. The van der Waals surface area contributed by atoms with Crippen molar-refractivity contribution in [3.05, 3.63) is 140 Å². The van der Waals surface area contributed by atoms with Crippen LogP contribution in [0.5, 0.6) is 0 Å². The van der Waals surface area contributed by atoms with Gasteiger partial charge < -0.3 is 8.83 Å². The number of benzene rings is 8. The third kappa shape index (κ3) is 4.73. The largest absolute Gasteiger partial charge is 0.456 e. The average Bonchev–Trinajstić information content (AvgIpc) is 3.81. The maximum absolute atomic E-state index is 6.85. The molecule has 2 aromatic heterocycles. The summed E-state index contributed by atoms with van der Waals surface area (Å²) in [6, 6.07) is 49.9. The number of para-hydroxylation sites is 1. The van der Waals surface area contributed by atoms with Gasteiger partial charge in [-0.1, -0.05) is 120 Å². The highest BCUT2D eigenvalue weighted by molar-refractivity contribution is 6.69. The highest BCUT2D eigenvalue weighted by atomic mass is 16.3. The lowest BCUT2D eigenvalue weighted by Gasteiger charge is -2.24. The Morgan fingerprint density at radius 3 is 1.57 bits per heavy atom. The highest BCUT2D eigenvalue weighted by Crippen LogP contribution is 2.48. The van der Waals surface area contributed by atoms with Crippen molar-refractivity contribution >= 4 is 121 Å². The van der Waals surface area contributed by atoms with E-state index >= 15 is 0 Å². The zero-order valence-corrected chi connectivity index (χ0v) is 30.6. The molecule has 0 aliphatic rings. The molecule has 2 nitrogen and oxygen atoms in total. The fourth-order valence-electron chi connectivity index (χ4n) is 8.78. The lowest BCUT2D eigenvalue weighted by atomic mass is 9.59. The second-order valence-corrected chi connectivity index (χ2v) is 14.5. The van der Waals surface area contributed by atoms with Crippen LogP contribution >= 0.6 is 0 Å². The fraction of sp³-hybridized carbons (Fsp3) is 0. The Kier molecular flexibility index (Phi) is 7.17. The quantitative estimate of drug-likeness (QED) is 0.202. The van der Waals surface area contributed by atoms with Gasteiger partial charge in [0.1, 0.15) is 61.7 Å². The molecule has 0 saturated heterocycles. The van der Waals surface area contributed by atoms with Gasteiger partial charge in [-0.3, -0.25) is 0 Å². The smallest absolute Gasteiger partial charge is 0.143 e. The molecule has 0 spiro atoms. The molecule has 0 radical (unpaired) electrons. The van der Waals surface area contributed by atoms with E-state index in [1.54, 1.807) is 0 Å². The monoisotopic (exact) mass is 672 g/mol. The molecule has 0 aliphatic heterocycles. The predicted octanol–water partition coefficient (Wildman–Crippen LogP) is 4.60. The van der Waals surface area contributed by atoms with E-state index in [0.717, 1.165) is 55.4 Å². The molecule has 8 aromatic carbocycles. The van der Waals surface area contributed by atoms with Gasteiger partial charge in [0.2, 0.25) is 0 Å². The van der Waals surface area contributed by atoms with E-state index in [4.69, 9.17) is 8.83 Å². The summed E-state index contributed by atoms with van der Waals surface area (Å²) >= 11 is 0. The minimum Gasteiger partial charge on any atom is -0.456 e. The molecule has 0 aliphatic carbocycles. The van der Waals surface area contributed by atoms with Gasteiger partial charge in [-0.15, -0.1) is 16.4 Å². The third-order valence-electron chi connectivity index (χ3n) is 11.9. The Balaban J connectivity index is 1.27. The molecular weight excluding hydrogens is 639 g/mol. The van der Waals surface area contributed by atoms with Crippen LogP contribution < -0.4 is 27.3 Å². The molecule has 10 rings (SSSR count). The Labute approximate surface area is 312 Å². The van der Waals surface area contributed by atoms with Crippen LogP contribution in [0.1, 0.15) is 0 Å². The first-order valence-corrected chi connectivity index (χ1v) is 18.4. The van der Waals surface area contributed by atoms with Gasteiger partial charge in [0.25, 0.3) is 0 Å². The summed E-state index contributed by atoms with van der Waals surface area (Å²) in [6.45, 7) is 0. The number of fused-ring (bicyclic) bond motifs is 6. The van der Waals surface area contributed by atoms with Crippen LogP contribution in [0.2, 0.25) is 0 Å². The highest BCUT2D eigenvalue weighted by Gasteiger charge is 2.24. The molecule has 0 saturated carbocycles. The summed E-state index contributed by atoms with van der Waals surface area (Å²) in [5, 5.41) is 8.32. The average molecular weight is 672 g/mol. The van der Waals surface area contributed by atoms with Crippen LogP contribution in [0.3, 0.4) is 0 Å². The lowest BCUT2D eigenvalue weighted by molar-refractivity contribution is 0.631. The van der Waals surface area contributed by atoms with Crippen LogP contribution in [-0.2, 0) is 0 Å². The second kappa shape index (κ2) is 12.0. The Morgan fingerprint density at radius 1 is 0.358 bits per heavy atom. The molecule has 244 valence electrons. The first-order valence-electron chi connectivity index (χ1n) is 18.4. The fourth-order valence-corrected chi connectivity index (χ4v) is 8.78. The van der Waals surface area contributed by atoms with Gasteiger partial charge in [-0.2, -0.15) is 0 Å². The van der Waals surface area contributed by atoms with Crippen molar-refractivity contribution in [2.45, 2.75) is 0 Å². The van der Waals surface area contributed by atoms with Crippen molar-refractivity contribution < 1.29 is 8.83 Å². The molecule has 2 heterocycles. The summed E-state index contributed by atoms with van der Waals surface area (Å²) in [5.74, 6) is 0.866. The van der Waals surface area contributed by atoms with Gasteiger partial charge in [0, 0.05) is 27.3 Å². The minimum atomic E-state index is 0.866. The van der Waals surface area contributed by atoms with E-state index in [1.807, 2.05) is 18.2 Å². The van der Waals surface area contributed by atoms with Crippen molar-refractivity contribution in [1.82, 2.24) is 0 Å². The molecule has 0 N–H and O–H groups in total. The van der Waals surface area contributed by atoms with Crippen molar-refractivity contribution in [1.29, 1.82) is 0 Å². The van der Waals surface area contributed by atoms with Crippen LogP contribution in [0.4, 0.5) is 0 Å². The normalized spacial score (nSPS) is 11.8. The summed E-state index contributed by atoms with van der Waals surface area (Å²) in [4.78, 5) is 0. The molecule has 7 heteroatoms. The van der Waals surface area contributed by atoms with E-state index in [-0.39, 0.29) is 0 Å². The van der Waals surface area contributed by atoms with E-state index in [0.29, 0.717) is 0 Å². The van der Waals surface area contributed by atoms with Gasteiger partial charge in [-0.05, 0) is 79.7 Å². The Morgan fingerprint density at radius 2 is 0.906 bits per heavy atom. The third-order valence-corrected chi connectivity index (χ3v) is 11.9. The topological polar surface area (TPSA) is 26.3 Å². The van der Waals surface area contributed by atoms with E-state index in [1.165, 1.54) is 71.1 Å². The molecule has 10 aromatic rings. The van der Waals surface area contributed by atoms with Gasteiger partial charge in [-0.25, -0.2) is 0 Å². The van der Waals surface area contributed by atoms with Crippen LogP contribution in [0.15, 0.2) is 148 Å².